The number of hydrogen-bond acceptors (Lipinski definition) is 4. The zero-order valence-electron chi connectivity index (χ0n) is 12.4. The van der Waals surface area contributed by atoms with E-state index in [0.29, 0.717) is 19.6 Å². The first-order valence-corrected chi connectivity index (χ1v) is 7.52. The van der Waals surface area contributed by atoms with Gasteiger partial charge in [0.1, 0.15) is 5.78 Å². The van der Waals surface area contributed by atoms with Crippen LogP contribution >= 0.6 is 0 Å². The molecule has 4 heteroatoms. The third kappa shape index (κ3) is 3.87. The van der Waals surface area contributed by atoms with Gasteiger partial charge >= 0.3 is 0 Å². The summed E-state index contributed by atoms with van der Waals surface area (Å²) in [6.07, 6.45) is 4.31. The van der Waals surface area contributed by atoms with Gasteiger partial charge in [-0.25, -0.2) is 0 Å². The van der Waals surface area contributed by atoms with Crippen LogP contribution in [0.5, 0.6) is 0 Å². The summed E-state index contributed by atoms with van der Waals surface area (Å²) in [4.78, 5) is 16.7. The van der Waals surface area contributed by atoms with Crippen molar-refractivity contribution in [1.29, 1.82) is 0 Å². The molecular weight excluding hydrogens is 252 g/mol. The largest absolute Gasteiger partial charge is 0.379 e. The molecule has 1 saturated heterocycles. The molecule has 1 fully saturated rings. The van der Waals surface area contributed by atoms with E-state index in [0.717, 1.165) is 25.1 Å². The molecule has 0 spiro atoms. The summed E-state index contributed by atoms with van der Waals surface area (Å²) in [6.45, 7) is 6.33. The summed E-state index contributed by atoms with van der Waals surface area (Å²) in [5, 5.41) is 3.40. The Balaban J connectivity index is 1.92. The van der Waals surface area contributed by atoms with E-state index in [-0.39, 0.29) is 17.7 Å². The van der Waals surface area contributed by atoms with Crippen LogP contribution in [0.15, 0.2) is 18.3 Å². The Hall–Kier alpha value is -1.26. The zero-order chi connectivity index (χ0) is 14.4. The molecular formula is C16H24N2O2. The molecule has 0 saturated carbocycles. The number of carbonyl (C=O) groups is 1. The summed E-state index contributed by atoms with van der Waals surface area (Å²) < 4.78 is 5.46. The van der Waals surface area contributed by atoms with Crippen LogP contribution < -0.4 is 5.32 Å². The van der Waals surface area contributed by atoms with E-state index in [1.165, 1.54) is 5.56 Å². The van der Waals surface area contributed by atoms with E-state index in [2.05, 4.69) is 24.1 Å². The van der Waals surface area contributed by atoms with Gasteiger partial charge in [-0.1, -0.05) is 19.9 Å². The van der Waals surface area contributed by atoms with Crippen LogP contribution in [0.2, 0.25) is 0 Å². The van der Waals surface area contributed by atoms with E-state index in [9.17, 15) is 4.79 Å². The van der Waals surface area contributed by atoms with Crippen LogP contribution in [0.3, 0.4) is 0 Å². The average Bonchev–Trinajstić information content (AvgIpc) is 2.94. The molecule has 0 aromatic carbocycles. The van der Waals surface area contributed by atoms with Gasteiger partial charge in [0, 0.05) is 24.4 Å². The maximum atomic E-state index is 12.4. The van der Waals surface area contributed by atoms with Crippen LogP contribution in [0, 0.1) is 5.92 Å². The lowest BCUT2D eigenvalue weighted by Crippen LogP contribution is -2.40. The third-order valence-corrected chi connectivity index (χ3v) is 3.80. The van der Waals surface area contributed by atoms with Gasteiger partial charge < -0.3 is 10.1 Å². The standard InChI is InChI=1S/C16H24N2O2/c1-3-7-17-15-11-20-10-14(15)16(19)8-13-6-5-12(4-2)9-18-13/h5-6,9,14-15,17H,3-4,7-8,10-11H2,1-2H3. The number of Topliss-reactive ketones (excluding diaryl/α,β-unsaturated/α-hetero) is 1. The van der Waals surface area contributed by atoms with Crippen LogP contribution in [0.4, 0.5) is 0 Å². The van der Waals surface area contributed by atoms with Crippen molar-refractivity contribution in [3.05, 3.63) is 29.6 Å². The highest BCUT2D eigenvalue weighted by Gasteiger charge is 2.33. The number of nitrogens with one attached hydrogen (secondary N) is 1. The Bertz CT molecular complexity index is 431. The molecule has 1 N–H and O–H groups in total. The minimum atomic E-state index is -0.0331. The number of aromatic nitrogens is 1. The van der Waals surface area contributed by atoms with Crippen molar-refractivity contribution in [1.82, 2.24) is 10.3 Å². The summed E-state index contributed by atoms with van der Waals surface area (Å²) in [6, 6.07) is 4.17. The molecule has 0 aliphatic carbocycles. The first-order chi connectivity index (χ1) is 9.74. The van der Waals surface area contributed by atoms with Crippen LogP contribution in [-0.2, 0) is 22.4 Å². The van der Waals surface area contributed by atoms with Gasteiger partial charge in [-0.15, -0.1) is 0 Å². The molecule has 20 heavy (non-hydrogen) atoms. The predicted molar refractivity (Wildman–Crippen MR) is 78.7 cm³/mol. The molecule has 0 bridgehead atoms. The number of carbonyl (C=O) groups excluding carboxylic acids is 1. The second-order valence-corrected chi connectivity index (χ2v) is 5.36. The molecule has 2 heterocycles. The monoisotopic (exact) mass is 276 g/mol. The minimum absolute atomic E-state index is 0.0331. The van der Waals surface area contributed by atoms with Crippen molar-refractivity contribution >= 4 is 5.78 Å². The fourth-order valence-corrected chi connectivity index (χ4v) is 2.48. The van der Waals surface area contributed by atoms with E-state index >= 15 is 0 Å². The lowest BCUT2D eigenvalue weighted by Gasteiger charge is -2.17. The molecule has 1 aliphatic rings. The highest BCUT2D eigenvalue weighted by molar-refractivity contribution is 5.84. The van der Waals surface area contributed by atoms with Gasteiger partial charge in [0.2, 0.25) is 0 Å². The zero-order valence-corrected chi connectivity index (χ0v) is 12.4. The van der Waals surface area contributed by atoms with E-state index < -0.39 is 0 Å². The van der Waals surface area contributed by atoms with Crippen LogP contribution in [0.1, 0.15) is 31.5 Å². The van der Waals surface area contributed by atoms with Crippen LogP contribution in [-0.4, -0.2) is 36.6 Å². The quantitative estimate of drug-likeness (QED) is 0.824. The number of ether oxygens (including phenoxy) is 1. The van der Waals surface area contributed by atoms with Crippen molar-refractivity contribution in [3.63, 3.8) is 0 Å². The fourth-order valence-electron chi connectivity index (χ4n) is 2.48. The van der Waals surface area contributed by atoms with Gasteiger partial charge in [-0.2, -0.15) is 0 Å². The lowest BCUT2D eigenvalue weighted by molar-refractivity contribution is -0.122. The number of hydrogen-bond donors (Lipinski definition) is 1. The van der Waals surface area contributed by atoms with Crippen molar-refractivity contribution in [2.45, 2.75) is 39.2 Å². The normalized spacial score (nSPS) is 22.1. The number of pyridine rings is 1. The van der Waals surface area contributed by atoms with Gasteiger partial charge in [0.25, 0.3) is 0 Å². The van der Waals surface area contributed by atoms with E-state index in [4.69, 9.17) is 4.74 Å². The predicted octanol–water partition coefficient (Wildman–Crippen LogP) is 1.77. The number of rotatable bonds is 7. The minimum Gasteiger partial charge on any atom is -0.379 e. The second kappa shape index (κ2) is 7.50. The molecule has 2 unspecified atom stereocenters. The number of nitrogens with zero attached hydrogens (tertiary/aromatic N) is 1. The molecule has 110 valence electrons. The highest BCUT2D eigenvalue weighted by Crippen LogP contribution is 2.17. The summed E-state index contributed by atoms with van der Waals surface area (Å²) in [5.74, 6) is 0.196. The molecule has 4 nitrogen and oxygen atoms in total. The fraction of sp³-hybridized carbons (Fsp3) is 0.625. The maximum Gasteiger partial charge on any atom is 0.145 e. The van der Waals surface area contributed by atoms with Crippen molar-refractivity contribution in [2.24, 2.45) is 5.92 Å². The molecule has 2 rings (SSSR count). The van der Waals surface area contributed by atoms with Gasteiger partial charge in [0.15, 0.2) is 0 Å². The summed E-state index contributed by atoms with van der Waals surface area (Å²) in [7, 11) is 0. The van der Waals surface area contributed by atoms with E-state index in [1.807, 2.05) is 18.3 Å². The smallest absolute Gasteiger partial charge is 0.145 e. The maximum absolute atomic E-state index is 12.4. The Morgan fingerprint density at radius 3 is 2.90 bits per heavy atom. The Morgan fingerprint density at radius 1 is 1.40 bits per heavy atom. The van der Waals surface area contributed by atoms with Crippen molar-refractivity contribution in [2.75, 3.05) is 19.8 Å². The van der Waals surface area contributed by atoms with Gasteiger partial charge in [0.05, 0.1) is 19.1 Å². The molecule has 0 radical (unpaired) electrons. The number of ketones is 1. The molecule has 1 aromatic rings. The Morgan fingerprint density at radius 2 is 2.25 bits per heavy atom. The van der Waals surface area contributed by atoms with Gasteiger partial charge in [-0.3, -0.25) is 9.78 Å². The number of aryl methyl sites for hydroxylation is 1. The topological polar surface area (TPSA) is 51.2 Å². The molecule has 1 aromatic heterocycles. The Labute approximate surface area is 120 Å². The van der Waals surface area contributed by atoms with Crippen LogP contribution in [0.25, 0.3) is 0 Å². The lowest BCUT2D eigenvalue weighted by atomic mass is 9.95. The third-order valence-electron chi connectivity index (χ3n) is 3.80. The van der Waals surface area contributed by atoms with Crippen molar-refractivity contribution < 1.29 is 9.53 Å². The Kier molecular flexibility index (Phi) is 5.68. The second-order valence-electron chi connectivity index (χ2n) is 5.36. The molecule has 2 atom stereocenters. The average molecular weight is 276 g/mol. The molecule has 0 amide bonds. The SMILES string of the molecule is CCCNC1COCC1C(=O)Cc1ccc(CC)cn1. The first-order valence-electron chi connectivity index (χ1n) is 7.52. The first kappa shape index (κ1) is 15.1. The summed E-state index contributed by atoms with van der Waals surface area (Å²) >= 11 is 0. The van der Waals surface area contributed by atoms with E-state index in [1.54, 1.807) is 0 Å². The summed E-state index contributed by atoms with van der Waals surface area (Å²) in [5.41, 5.74) is 2.06. The highest BCUT2D eigenvalue weighted by atomic mass is 16.5. The van der Waals surface area contributed by atoms with Crippen molar-refractivity contribution in [3.8, 4) is 0 Å². The van der Waals surface area contributed by atoms with Gasteiger partial charge in [-0.05, 0) is 31.0 Å². The molecule has 1 aliphatic heterocycles.